The van der Waals surface area contributed by atoms with Gasteiger partial charge in [-0.05, 0) is 25.2 Å². The fourth-order valence-electron chi connectivity index (χ4n) is 3.47. The van der Waals surface area contributed by atoms with Gasteiger partial charge in [0.15, 0.2) is 5.79 Å². The van der Waals surface area contributed by atoms with Crippen LogP contribution in [0.1, 0.15) is 38.5 Å². The first kappa shape index (κ1) is 9.79. The third kappa shape index (κ3) is 1.62. The molecule has 3 aliphatic rings. The van der Waals surface area contributed by atoms with Gasteiger partial charge in [-0.2, -0.15) is 0 Å². The lowest BCUT2D eigenvalue weighted by molar-refractivity contribution is -0.197. The average Bonchev–Trinajstić information content (AvgIpc) is 2.66. The second kappa shape index (κ2) is 3.56. The summed E-state index contributed by atoms with van der Waals surface area (Å²) in [5.74, 6) is 1.02. The highest BCUT2D eigenvalue weighted by molar-refractivity contribution is 5.82. The molecule has 0 aromatic heterocycles. The molecule has 0 aromatic rings. The van der Waals surface area contributed by atoms with Gasteiger partial charge in [0.2, 0.25) is 0 Å². The minimum atomic E-state index is -0.307. The molecule has 3 heteroatoms. The van der Waals surface area contributed by atoms with Crippen LogP contribution in [-0.2, 0) is 14.3 Å². The molecule has 3 rings (SSSR count). The lowest BCUT2D eigenvalue weighted by Gasteiger charge is -2.42. The summed E-state index contributed by atoms with van der Waals surface area (Å²) < 4.78 is 11.5. The van der Waals surface area contributed by atoms with Crippen LogP contribution < -0.4 is 0 Å². The fourth-order valence-corrected chi connectivity index (χ4v) is 3.47. The van der Waals surface area contributed by atoms with Crippen molar-refractivity contribution in [3.63, 3.8) is 0 Å². The molecule has 84 valence electrons. The summed E-state index contributed by atoms with van der Waals surface area (Å²) in [4.78, 5) is 11.8. The largest absolute Gasteiger partial charge is 0.348 e. The molecule has 1 spiro atoms. The zero-order chi connectivity index (χ0) is 10.3. The molecular formula is C12H18O3. The normalized spacial score (nSPS) is 39.3. The number of hydrogen-bond acceptors (Lipinski definition) is 3. The Labute approximate surface area is 90.1 Å². The number of ketones is 1. The maximum atomic E-state index is 11.8. The zero-order valence-corrected chi connectivity index (χ0v) is 9.04. The summed E-state index contributed by atoms with van der Waals surface area (Å²) in [5, 5.41) is 0. The lowest BCUT2D eigenvalue weighted by Crippen LogP contribution is -2.44. The van der Waals surface area contributed by atoms with Crippen molar-refractivity contribution in [2.75, 3.05) is 13.2 Å². The predicted octanol–water partition coefficient (Wildman–Crippen LogP) is 1.90. The monoisotopic (exact) mass is 210 g/mol. The van der Waals surface area contributed by atoms with Crippen molar-refractivity contribution in [3.8, 4) is 0 Å². The van der Waals surface area contributed by atoms with Gasteiger partial charge in [0, 0.05) is 25.2 Å². The molecule has 2 saturated carbocycles. The maximum Gasteiger partial charge on any atom is 0.168 e. The first-order valence-electron chi connectivity index (χ1n) is 6.10. The molecule has 3 nitrogen and oxygen atoms in total. The summed E-state index contributed by atoms with van der Waals surface area (Å²) in [6.07, 6.45) is 5.89. The second-order valence-corrected chi connectivity index (χ2v) is 5.08. The Balaban J connectivity index is 1.74. The molecule has 0 aromatic carbocycles. The van der Waals surface area contributed by atoms with Crippen molar-refractivity contribution in [2.24, 2.45) is 11.8 Å². The molecule has 3 fully saturated rings. The Morgan fingerprint density at radius 1 is 1.20 bits per heavy atom. The minimum Gasteiger partial charge on any atom is -0.348 e. The van der Waals surface area contributed by atoms with Crippen LogP contribution in [0.15, 0.2) is 0 Å². The van der Waals surface area contributed by atoms with Crippen LogP contribution in [0.3, 0.4) is 0 Å². The fraction of sp³-hybridized carbons (Fsp3) is 0.917. The van der Waals surface area contributed by atoms with Gasteiger partial charge in [0.25, 0.3) is 0 Å². The van der Waals surface area contributed by atoms with Crippen LogP contribution >= 0.6 is 0 Å². The van der Waals surface area contributed by atoms with Gasteiger partial charge in [0.05, 0.1) is 13.2 Å². The molecule has 2 aliphatic carbocycles. The number of rotatable bonds is 0. The zero-order valence-electron chi connectivity index (χ0n) is 9.04. The van der Waals surface area contributed by atoms with E-state index in [2.05, 4.69) is 0 Å². The van der Waals surface area contributed by atoms with Crippen LogP contribution in [0.5, 0.6) is 0 Å². The lowest BCUT2D eigenvalue weighted by atomic mass is 9.68. The van der Waals surface area contributed by atoms with Gasteiger partial charge in [-0.25, -0.2) is 0 Å². The first-order valence-corrected chi connectivity index (χ1v) is 6.10. The molecule has 2 atom stereocenters. The molecule has 0 bridgehead atoms. The molecule has 0 amide bonds. The Kier molecular flexibility index (Phi) is 2.33. The smallest absolute Gasteiger partial charge is 0.168 e. The summed E-state index contributed by atoms with van der Waals surface area (Å²) in [6.45, 7) is 1.46. The van der Waals surface area contributed by atoms with E-state index in [9.17, 15) is 4.79 Å². The summed E-state index contributed by atoms with van der Waals surface area (Å²) in [6, 6.07) is 0. The Morgan fingerprint density at radius 2 is 2.00 bits per heavy atom. The van der Waals surface area contributed by atoms with E-state index in [-0.39, 0.29) is 5.79 Å². The van der Waals surface area contributed by atoms with Crippen molar-refractivity contribution in [2.45, 2.75) is 44.3 Å². The topological polar surface area (TPSA) is 35.5 Å². The highest BCUT2D eigenvalue weighted by Crippen LogP contribution is 2.46. The van der Waals surface area contributed by atoms with E-state index in [1.165, 1.54) is 6.42 Å². The van der Waals surface area contributed by atoms with E-state index < -0.39 is 0 Å². The van der Waals surface area contributed by atoms with Crippen LogP contribution in [0.4, 0.5) is 0 Å². The molecular weight excluding hydrogens is 192 g/mol. The minimum absolute atomic E-state index is 0.307. The molecule has 2 unspecified atom stereocenters. The third-order valence-corrected chi connectivity index (χ3v) is 4.20. The Morgan fingerprint density at radius 3 is 2.80 bits per heavy atom. The van der Waals surface area contributed by atoms with Gasteiger partial charge in [-0.15, -0.1) is 0 Å². The van der Waals surface area contributed by atoms with Gasteiger partial charge in [0.1, 0.15) is 5.78 Å². The number of fused-ring (bicyclic) bond motifs is 1. The van der Waals surface area contributed by atoms with Crippen molar-refractivity contribution in [3.05, 3.63) is 0 Å². The summed E-state index contributed by atoms with van der Waals surface area (Å²) in [7, 11) is 0. The molecule has 0 N–H and O–H groups in total. The van der Waals surface area contributed by atoms with E-state index in [0.29, 0.717) is 17.6 Å². The van der Waals surface area contributed by atoms with E-state index in [0.717, 1.165) is 45.3 Å². The highest BCUT2D eigenvalue weighted by atomic mass is 16.7. The van der Waals surface area contributed by atoms with Crippen molar-refractivity contribution < 1.29 is 14.3 Å². The first-order chi connectivity index (χ1) is 7.29. The highest BCUT2D eigenvalue weighted by Gasteiger charge is 2.47. The van der Waals surface area contributed by atoms with Crippen LogP contribution in [0.25, 0.3) is 0 Å². The SMILES string of the molecule is O=C1CCCC2CC3(CCC12)OCCO3. The molecule has 1 heterocycles. The van der Waals surface area contributed by atoms with Crippen molar-refractivity contribution in [1.29, 1.82) is 0 Å². The van der Waals surface area contributed by atoms with Crippen molar-refractivity contribution >= 4 is 5.78 Å². The van der Waals surface area contributed by atoms with E-state index in [1.54, 1.807) is 0 Å². The van der Waals surface area contributed by atoms with E-state index >= 15 is 0 Å². The standard InChI is InChI=1S/C12H18O3/c13-11-3-1-2-9-8-12(5-4-10(9)11)14-6-7-15-12/h9-10H,1-8H2. The number of ether oxygens (including phenoxy) is 2. The van der Waals surface area contributed by atoms with E-state index in [4.69, 9.17) is 9.47 Å². The Hall–Kier alpha value is -0.410. The molecule has 1 aliphatic heterocycles. The van der Waals surface area contributed by atoms with Gasteiger partial charge in [-0.1, -0.05) is 0 Å². The maximum absolute atomic E-state index is 11.8. The predicted molar refractivity (Wildman–Crippen MR) is 54.3 cm³/mol. The van der Waals surface area contributed by atoms with Gasteiger partial charge in [-0.3, -0.25) is 4.79 Å². The Bertz CT molecular complexity index is 268. The third-order valence-electron chi connectivity index (χ3n) is 4.20. The molecule has 1 saturated heterocycles. The summed E-state index contributed by atoms with van der Waals surface area (Å²) >= 11 is 0. The quantitative estimate of drug-likeness (QED) is 0.612. The van der Waals surface area contributed by atoms with Crippen molar-refractivity contribution in [1.82, 2.24) is 0 Å². The average molecular weight is 210 g/mol. The van der Waals surface area contributed by atoms with E-state index in [1.807, 2.05) is 0 Å². The molecule has 0 radical (unpaired) electrons. The number of Topliss-reactive ketones (excluding diaryl/α,β-unsaturated/α-hetero) is 1. The molecule has 15 heavy (non-hydrogen) atoms. The van der Waals surface area contributed by atoms with Crippen LogP contribution in [-0.4, -0.2) is 24.8 Å². The van der Waals surface area contributed by atoms with Gasteiger partial charge < -0.3 is 9.47 Å². The number of carbonyl (C=O) groups is 1. The number of carbonyl (C=O) groups excluding carboxylic acids is 1. The van der Waals surface area contributed by atoms with Crippen LogP contribution in [0.2, 0.25) is 0 Å². The second-order valence-electron chi connectivity index (χ2n) is 5.08. The number of hydrogen-bond donors (Lipinski definition) is 0. The van der Waals surface area contributed by atoms with Crippen LogP contribution in [0, 0.1) is 11.8 Å². The van der Waals surface area contributed by atoms with Gasteiger partial charge >= 0.3 is 0 Å². The summed E-state index contributed by atoms with van der Waals surface area (Å²) in [5.41, 5.74) is 0.